The average molecular weight is 258 g/mol. The van der Waals surface area contributed by atoms with Crippen molar-refractivity contribution < 1.29 is 8.42 Å². The Morgan fingerprint density at radius 3 is 3.00 bits per heavy atom. The van der Waals surface area contributed by atoms with E-state index >= 15 is 0 Å². The summed E-state index contributed by atoms with van der Waals surface area (Å²) in [6.45, 7) is 1.88. The predicted molar refractivity (Wildman–Crippen MR) is 63.5 cm³/mol. The standard InChI is InChI=1S/C10H14N2O2S2/c13-16(14)4-2-7(6-16)10-12-8-1-3-11-5-9(8)15-10/h7,11H,1-6H2. The number of fused-ring (bicyclic) bond motifs is 1. The molecule has 1 aromatic heterocycles. The van der Waals surface area contributed by atoms with E-state index < -0.39 is 9.84 Å². The van der Waals surface area contributed by atoms with E-state index in [9.17, 15) is 8.42 Å². The van der Waals surface area contributed by atoms with Gasteiger partial charge in [-0.1, -0.05) is 0 Å². The van der Waals surface area contributed by atoms with E-state index in [2.05, 4.69) is 10.3 Å². The number of aromatic nitrogens is 1. The topological polar surface area (TPSA) is 59.1 Å². The van der Waals surface area contributed by atoms with Crippen LogP contribution in [0.4, 0.5) is 0 Å². The van der Waals surface area contributed by atoms with Crippen LogP contribution in [-0.4, -0.2) is 31.5 Å². The lowest BCUT2D eigenvalue weighted by atomic mass is 10.1. The van der Waals surface area contributed by atoms with Gasteiger partial charge < -0.3 is 5.32 Å². The third kappa shape index (κ3) is 1.89. The van der Waals surface area contributed by atoms with E-state index in [0.717, 1.165) is 30.9 Å². The van der Waals surface area contributed by atoms with E-state index in [0.29, 0.717) is 11.5 Å². The fourth-order valence-corrected chi connectivity index (χ4v) is 5.38. The summed E-state index contributed by atoms with van der Waals surface area (Å²) < 4.78 is 22.8. The van der Waals surface area contributed by atoms with Gasteiger partial charge >= 0.3 is 0 Å². The van der Waals surface area contributed by atoms with Gasteiger partial charge in [-0.3, -0.25) is 0 Å². The van der Waals surface area contributed by atoms with Crippen LogP contribution in [0.5, 0.6) is 0 Å². The van der Waals surface area contributed by atoms with E-state index in [1.54, 1.807) is 11.3 Å². The number of hydrogen-bond donors (Lipinski definition) is 1. The van der Waals surface area contributed by atoms with Crippen LogP contribution in [0.2, 0.25) is 0 Å². The summed E-state index contributed by atoms with van der Waals surface area (Å²) in [6, 6.07) is 0. The van der Waals surface area contributed by atoms with Crippen LogP contribution in [0.15, 0.2) is 0 Å². The number of rotatable bonds is 1. The molecule has 1 saturated heterocycles. The first-order valence-electron chi connectivity index (χ1n) is 5.54. The number of thiazole rings is 1. The minimum absolute atomic E-state index is 0.153. The molecule has 0 radical (unpaired) electrons. The SMILES string of the molecule is O=S1(=O)CCC(c2nc3c(s2)CNCC3)C1. The molecular weight excluding hydrogens is 244 g/mol. The van der Waals surface area contributed by atoms with E-state index in [4.69, 9.17) is 0 Å². The van der Waals surface area contributed by atoms with E-state index in [1.165, 1.54) is 10.6 Å². The van der Waals surface area contributed by atoms with Gasteiger partial charge in [0.2, 0.25) is 0 Å². The van der Waals surface area contributed by atoms with Crippen molar-refractivity contribution in [3.63, 3.8) is 0 Å². The van der Waals surface area contributed by atoms with E-state index in [1.807, 2.05) is 0 Å². The smallest absolute Gasteiger partial charge is 0.151 e. The van der Waals surface area contributed by atoms with Crippen molar-refractivity contribution in [2.45, 2.75) is 25.3 Å². The predicted octanol–water partition coefficient (Wildman–Crippen LogP) is 0.691. The van der Waals surface area contributed by atoms with Crippen molar-refractivity contribution in [2.24, 2.45) is 0 Å². The molecule has 0 bridgehead atoms. The Morgan fingerprint density at radius 2 is 2.31 bits per heavy atom. The zero-order valence-corrected chi connectivity index (χ0v) is 10.5. The minimum Gasteiger partial charge on any atom is -0.311 e. The van der Waals surface area contributed by atoms with Gasteiger partial charge in [0.1, 0.15) is 0 Å². The molecule has 3 rings (SSSR count). The summed E-state index contributed by atoms with van der Waals surface area (Å²) in [7, 11) is -2.79. The van der Waals surface area contributed by atoms with Crippen molar-refractivity contribution in [2.75, 3.05) is 18.1 Å². The van der Waals surface area contributed by atoms with Gasteiger partial charge in [-0.15, -0.1) is 11.3 Å². The van der Waals surface area contributed by atoms with Gasteiger partial charge in [-0.25, -0.2) is 13.4 Å². The molecule has 2 aliphatic heterocycles. The summed E-state index contributed by atoms with van der Waals surface area (Å²) in [4.78, 5) is 5.91. The van der Waals surface area contributed by atoms with Crippen LogP contribution in [0.1, 0.15) is 27.9 Å². The van der Waals surface area contributed by atoms with Crippen LogP contribution < -0.4 is 5.32 Å². The molecular formula is C10H14N2O2S2. The summed E-state index contributed by atoms with van der Waals surface area (Å²) in [5.41, 5.74) is 1.18. The Balaban J connectivity index is 1.88. The lowest BCUT2D eigenvalue weighted by Gasteiger charge is -2.09. The maximum Gasteiger partial charge on any atom is 0.151 e. The van der Waals surface area contributed by atoms with Crippen molar-refractivity contribution in [1.29, 1.82) is 0 Å². The molecule has 0 aliphatic carbocycles. The van der Waals surface area contributed by atoms with Crippen molar-refractivity contribution in [1.82, 2.24) is 10.3 Å². The molecule has 1 fully saturated rings. The maximum absolute atomic E-state index is 11.4. The van der Waals surface area contributed by atoms with Gasteiger partial charge in [0.25, 0.3) is 0 Å². The highest BCUT2D eigenvalue weighted by Gasteiger charge is 2.32. The van der Waals surface area contributed by atoms with Gasteiger partial charge in [0.05, 0.1) is 22.2 Å². The number of hydrogen-bond acceptors (Lipinski definition) is 5. The molecule has 0 amide bonds. The molecule has 0 saturated carbocycles. The Bertz CT molecular complexity index is 483. The Kier molecular flexibility index (Phi) is 2.53. The molecule has 0 aromatic carbocycles. The van der Waals surface area contributed by atoms with Gasteiger partial charge in [0, 0.05) is 30.3 Å². The summed E-state index contributed by atoms with van der Waals surface area (Å²) in [6.07, 6.45) is 1.73. The zero-order valence-electron chi connectivity index (χ0n) is 8.90. The number of sulfone groups is 1. The normalized spacial score (nSPS) is 27.9. The summed E-state index contributed by atoms with van der Waals surface area (Å²) in [5.74, 6) is 0.785. The molecule has 4 nitrogen and oxygen atoms in total. The summed E-state index contributed by atoms with van der Waals surface area (Å²) in [5, 5.41) is 4.35. The largest absolute Gasteiger partial charge is 0.311 e. The monoisotopic (exact) mass is 258 g/mol. The van der Waals surface area contributed by atoms with Crippen LogP contribution >= 0.6 is 11.3 Å². The van der Waals surface area contributed by atoms with Crippen LogP contribution in [0.25, 0.3) is 0 Å². The second kappa shape index (κ2) is 3.78. The quantitative estimate of drug-likeness (QED) is 0.805. The Labute approximate surface area is 99.0 Å². The molecule has 3 heterocycles. The van der Waals surface area contributed by atoms with Crippen LogP contribution in [0.3, 0.4) is 0 Å². The second-order valence-corrected chi connectivity index (χ2v) is 7.79. The highest BCUT2D eigenvalue weighted by Crippen LogP contribution is 2.33. The Morgan fingerprint density at radius 1 is 1.44 bits per heavy atom. The zero-order chi connectivity index (χ0) is 11.2. The van der Waals surface area contributed by atoms with Crippen molar-refractivity contribution >= 4 is 21.2 Å². The molecule has 2 aliphatic rings. The van der Waals surface area contributed by atoms with Crippen LogP contribution in [0, 0.1) is 0 Å². The molecule has 1 N–H and O–H groups in total. The fourth-order valence-electron chi connectivity index (χ4n) is 2.31. The number of nitrogens with zero attached hydrogens (tertiary/aromatic N) is 1. The second-order valence-electron chi connectivity index (χ2n) is 4.45. The molecule has 1 aromatic rings. The molecule has 0 spiro atoms. The van der Waals surface area contributed by atoms with Gasteiger partial charge in [0.15, 0.2) is 9.84 Å². The minimum atomic E-state index is -2.79. The highest BCUT2D eigenvalue weighted by molar-refractivity contribution is 7.91. The summed E-state index contributed by atoms with van der Waals surface area (Å²) >= 11 is 1.70. The molecule has 16 heavy (non-hydrogen) atoms. The first-order valence-corrected chi connectivity index (χ1v) is 8.17. The lowest BCUT2D eigenvalue weighted by molar-refractivity contribution is 0.601. The first kappa shape index (κ1) is 10.7. The first-order chi connectivity index (χ1) is 7.64. The third-order valence-corrected chi connectivity index (χ3v) is 6.23. The third-order valence-electron chi connectivity index (χ3n) is 3.20. The number of nitrogens with one attached hydrogen (secondary N) is 1. The molecule has 1 atom stereocenters. The average Bonchev–Trinajstić information content (AvgIpc) is 2.80. The molecule has 6 heteroatoms. The van der Waals surface area contributed by atoms with Gasteiger partial charge in [-0.2, -0.15) is 0 Å². The highest BCUT2D eigenvalue weighted by atomic mass is 32.2. The fraction of sp³-hybridized carbons (Fsp3) is 0.700. The molecule has 1 unspecified atom stereocenters. The van der Waals surface area contributed by atoms with E-state index in [-0.39, 0.29) is 5.92 Å². The van der Waals surface area contributed by atoms with Gasteiger partial charge in [-0.05, 0) is 6.42 Å². The van der Waals surface area contributed by atoms with Crippen molar-refractivity contribution in [3.05, 3.63) is 15.6 Å². The lowest BCUT2D eigenvalue weighted by Crippen LogP contribution is -2.22. The van der Waals surface area contributed by atoms with Crippen LogP contribution in [-0.2, 0) is 22.8 Å². The molecule has 88 valence electrons. The van der Waals surface area contributed by atoms with Crippen molar-refractivity contribution in [3.8, 4) is 0 Å². The Hall–Kier alpha value is -0.460. The maximum atomic E-state index is 11.4.